The van der Waals surface area contributed by atoms with E-state index >= 15 is 0 Å². The van der Waals surface area contributed by atoms with Crippen molar-refractivity contribution >= 4 is 9.84 Å². The van der Waals surface area contributed by atoms with E-state index < -0.39 is 14.6 Å². The van der Waals surface area contributed by atoms with Gasteiger partial charge in [0.25, 0.3) is 0 Å². The summed E-state index contributed by atoms with van der Waals surface area (Å²) in [5, 5.41) is 8.80. The average molecular weight is 286 g/mol. The van der Waals surface area contributed by atoms with Crippen molar-refractivity contribution in [2.75, 3.05) is 19.0 Å². The SMILES string of the molecule is CC(C)(C)S(=O)(=O)CCOc1ccc(CCO)cc1. The second-order valence-corrected chi connectivity index (χ2v) is 8.26. The van der Waals surface area contributed by atoms with E-state index in [1.807, 2.05) is 12.1 Å². The van der Waals surface area contributed by atoms with Crippen LogP contribution in [0.4, 0.5) is 0 Å². The lowest BCUT2D eigenvalue weighted by atomic mass is 10.1. The molecular weight excluding hydrogens is 264 g/mol. The number of aliphatic hydroxyl groups is 1. The van der Waals surface area contributed by atoms with Gasteiger partial charge in [0.2, 0.25) is 0 Å². The Morgan fingerprint density at radius 2 is 1.74 bits per heavy atom. The van der Waals surface area contributed by atoms with Crippen LogP contribution in [0.3, 0.4) is 0 Å². The predicted molar refractivity (Wildman–Crippen MR) is 76.3 cm³/mol. The van der Waals surface area contributed by atoms with Crippen molar-refractivity contribution < 1.29 is 18.3 Å². The minimum absolute atomic E-state index is 0.00882. The number of hydrogen-bond donors (Lipinski definition) is 1. The molecule has 0 bridgehead atoms. The molecule has 0 saturated heterocycles. The van der Waals surface area contributed by atoms with Crippen molar-refractivity contribution in [2.24, 2.45) is 0 Å². The third-order valence-corrected chi connectivity index (χ3v) is 5.45. The van der Waals surface area contributed by atoms with E-state index in [-0.39, 0.29) is 19.0 Å². The zero-order valence-electron chi connectivity index (χ0n) is 11.7. The highest BCUT2D eigenvalue weighted by Crippen LogP contribution is 2.17. The van der Waals surface area contributed by atoms with Crippen LogP contribution < -0.4 is 4.74 Å². The zero-order valence-corrected chi connectivity index (χ0v) is 12.5. The van der Waals surface area contributed by atoms with Crippen molar-refractivity contribution in [2.45, 2.75) is 31.9 Å². The maximum absolute atomic E-state index is 11.9. The lowest BCUT2D eigenvalue weighted by Crippen LogP contribution is -2.32. The molecule has 0 aliphatic carbocycles. The van der Waals surface area contributed by atoms with Crippen LogP contribution in [0.1, 0.15) is 26.3 Å². The molecule has 0 radical (unpaired) electrons. The van der Waals surface area contributed by atoms with E-state index in [1.54, 1.807) is 32.9 Å². The molecule has 1 aromatic carbocycles. The van der Waals surface area contributed by atoms with Crippen LogP contribution in [0.2, 0.25) is 0 Å². The molecule has 0 saturated carbocycles. The van der Waals surface area contributed by atoms with Gasteiger partial charge in [-0.3, -0.25) is 0 Å². The summed E-state index contributed by atoms with van der Waals surface area (Å²) in [6.07, 6.45) is 0.610. The van der Waals surface area contributed by atoms with Crippen LogP contribution in [0.5, 0.6) is 5.75 Å². The highest BCUT2D eigenvalue weighted by atomic mass is 32.2. The van der Waals surface area contributed by atoms with Crippen molar-refractivity contribution in [1.82, 2.24) is 0 Å². The Kier molecular flexibility index (Phi) is 5.38. The molecule has 0 heterocycles. The monoisotopic (exact) mass is 286 g/mol. The Morgan fingerprint density at radius 3 is 2.21 bits per heavy atom. The molecule has 0 amide bonds. The normalized spacial score (nSPS) is 12.4. The molecule has 19 heavy (non-hydrogen) atoms. The van der Waals surface area contributed by atoms with E-state index in [0.29, 0.717) is 12.2 Å². The number of hydrogen-bond acceptors (Lipinski definition) is 4. The Morgan fingerprint density at radius 1 is 1.16 bits per heavy atom. The van der Waals surface area contributed by atoms with E-state index in [2.05, 4.69) is 0 Å². The Labute approximate surface area is 115 Å². The molecule has 0 aromatic heterocycles. The van der Waals surface area contributed by atoms with Crippen molar-refractivity contribution in [3.8, 4) is 5.75 Å². The van der Waals surface area contributed by atoms with Gasteiger partial charge in [-0.1, -0.05) is 12.1 Å². The molecule has 1 N–H and O–H groups in total. The van der Waals surface area contributed by atoms with Gasteiger partial charge < -0.3 is 9.84 Å². The first-order valence-electron chi connectivity index (χ1n) is 6.31. The van der Waals surface area contributed by atoms with E-state index in [4.69, 9.17) is 9.84 Å². The summed E-state index contributed by atoms with van der Waals surface area (Å²) in [7, 11) is -3.14. The van der Waals surface area contributed by atoms with Gasteiger partial charge in [-0.2, -0.15) is 0 Å². The number of benzene rings is 1. The van der Waals surface area contributed by atoms with Crippen LogP contribution >= 0.6 is 0 Å². The first-order chi connectivity index (χ1) is 8.76. The molecular formula is C14H22O4S. The standard InChI is InChI=1S/C14H22O4S/c1-14(2,3)19(16,17)11-10-18-13-6-4-12(5-7-13)8-9-15/h4-7,15H,8-11H2,1-3H3. The predicted octanol–water partition coefficient (Wildman–Crippen LogP) is 1.81. The number of aliphatic hydroxyl groups excluding tert-OH is 1. The smallest absolute Gasteiger partial charge is 0.158 e. The van der Waals surface area contributed by atoms with E-state index in [9.17, 15) is 8.42 Å². The molecule has 0 aliphatic heterocycles. The number of rotatable bonds is 6. The summed E-state index contributed by atoms with van der Waals surface area (Å²) >= 11 is 0. The van der Waals surface area contributed by atoms with Crippen LogP contribution in [0.15, 0.2) is 24.3 Å². The number of ether oxygens (including phenoxy) is 1. The molecule has 4 nitrogen and oxygen atoms in total. The molecule has 0 fully saturated rings. The minimum atomic E-state index is -3.14. The molecule has 108 valence electrons. The van der Waals surface area contributed by atoms with Gasteiger partial charge in [-0.15, -0.1) is 0 Å². The van der Waals surface area contributed by atoms with Gasteiger partial charge in [0.05, 0.1) is 10.5 Å². The fraction of sp³-hybridized carbons (Fsp3) is 0.571. The topological polar surface area (TPSA) is 63.6 Å². The summed E-state index contributed by atoms with van der Waals surface area (Å²) in [5.74, 6) is 0.653. The second kappa shape index (κ2) is 6.39. The van der Waals surface area contributed by atoms with Gasteiger partial charge in [0, 0.05) is 6.61 Å². The lowest BCUT2D eigenvalue weighted by Gasteiger charge is -2.19. The maximum atomic E-state index is 11.9. The zero-order chi connectivity index (χ0) is 14.5. The third-order valence-electron chi connectivity index (χ3n) is 2.88. The molecule has 0 aliphatic rings. The fourth-order valence-electron chi connectivity index (χ4n) is 1.46. The molecule has 1 aromatic rings. The van der Waals surface area contributed by atoms with Gasteiger partial charge in [-0.25, -0.2) is 8.42 Å². The second-order valence-electron chi connectivity index (χ2n) is 5.40. The maximum Gasteiger partial charge on any atom is 0.158 e. The van der Waals surface area contributed by atoms with Crippen LogP contribution in [0, 0.1) is 0 Å². The number of sulfone groups is 1. The Hall–Kier alpha value is -1.07. The first-order valence-corrected chi connectivity index (χ1v) is 7.96. The van der Waals surface area contributed by atoms with Crippen molar-refractivity contribution in [3.63, 3.8) is 0 Å². The average Bonchev–Trinajstić information content (AvgIpc) is 2.30. The molecule has 0 atom stereocenters. The van der Waals surface area contributed by atoms with Gasteiger partial charge >= 0.3 is 0 Å². The summed E-state index contributed by atoms with van der Waals surface area (Å²) in [5.41, 5.74) is 1.03. The third kappa shape index (κ3) is 4.84. The summed E-state index contributed by atoms with van der Waals surface area (Å²) < 4.78 is 28.4. The summed E-state index contributed by atoms with van der Waals surface area (Å²) in [6.45, 7) is 5.33. The summed E-state index contributed by atoms with van der Waals surface area (Å²) in [4.78, 5) is 0. The molecule has 1 rings (SSSR count). The summed E-state index contributed by atoms with van der Waals surface area (Å²) in [6, 6.07) is 7.30. The molecule has 5 heteroatoms. The Balaban J connectivity index is 2.50. The van der Waals surface area contributed by atoms with E-state index in [0.717, 1.165) is 5.56 Å². The molecule has 0 spiro atoms. The quantitative estimate of drug-likeness (QED) is 0.866. The largest absolute Gasteiger partial charge is 0.493 e. The van der Waals surface area contributed by atoms with Crippen LogP contribution in [-0.2, 0) is 16.3 Å². The first kappa shape index (κ1) is 16.0. The fourth-order valence-corrected chi connectivity index (χ4v) is 2.37. The molecule has 0 unspecified atom stereocenters. The van der Waals surface area contributed by atoms with Gasteiger partial charge in [-0.05, 0) is 44.9 Å². The van der Waals surface area contributed by atoms with E-state index in [1.165, 1.54) is 0 Å². The van der Waals surface area contributed by atoms with Crippen LogP contribution in [0.25, 0.3) is 0 Å². The van der Waals surface area contributed by atoms with Gasteiger partial charge in [0.15, 0.2) is 9.84 Å². The van der Waals surface area contributed by atoms with Crippen LogP contribution in [-0.4, -0.2) is 37.2 Å². The van der Waals surface area contributed by atoms with Gasteiger partial charge in [0.1, 0.15) is 12.4 Å². The highest BCUT2D eigenvalue weighted by molar-refractivity contribution is 7.92. The Bertz CT molecular complexity index is 483. The highest BCUT2D eigenvalue weighted by Gasteiger charge is 2.28. The minimum Gasteiger partial charge on any atom is -0.493 e. The van der Waals surface area contributed by atoms with Crippen molar-refractivity contribution in [3.05, 3.63) is 29.8 Å². The van der Waals surface area contributed by atoms with Crippen molar-refractivity contribution in [1.29, 1.82) is 0 Å². The lowest BCUT2D eigenvalue weighted by molar-refractivity contribution is 0.299.